The van der Waals surface area contributed by atoms with Gasteiger partial charge >= 0.3 is 0 Å². The third-order valence-electron chi connectivity index (χ3n) is 13.3. The van der Waals surface area contributed by atoms with Crippen LogP contribution >= 0.6 is 139 Å². The summed E-state index contributed by atoms with van der Waals surface area (Å²) in [5.41, 5.74) is 16.8. The lowest BCUT2D eigenvalue weighted by atomic mass is 10.1. The van der Waals surface area contributed by atoms with Gasteiger partial charge in [-0.25, -0.2) is 9.97 Å². The average Bonchev–Trinajstić information content (AvgIpc) is 4.48. The number of hydrogen-bond acceptors (Lipinski definition) is 14. The Hall–Kier alpha value is -3.88. The molecule has 0 fully saturated rings. The predicted octanol–water partition coefficient (Wildman–Crippen LogP) is 21.7. The van der Waals surface area contributed by atoms with Crippen molar-refractivity contribution in [1.82, 2.24) is 19.9 Å². The highest BCUT2D eigenvalue weighted by Gasteiger charge is 2.27. The molecule has 2 N–H and O–H groups in total. The van der Waals surface area contributed by atoms with Gasteiger partial charge in [-0.1, -0.05) is 196 Å². The van der Waals surface area contributed by atoms with Crippen molar-refractivity contribution in [2.24, 2.45) is 0 Å². The van der Waals surface area contributed by atoms with Gasteiger partial charge in [0.15, 0.2) is 0 Å². The van der Waals surface area contributed by atoms with Gasteiger partial charge in [0.2, 0.25) is 0 Å². The molecule has 0 unspecified atom stereocenters. The van der Waals surface area contributed by atoms with Crippen LogP contribution < -0.4 is 7.69 Å². The molecule has 0 amide bonds. The molecular formula is C64H54N4S12. The molecule has 6 aliphatic rings. The van der Waals surface area contributed by atoms with Gasteiger partial charge in [-0.2, -0.15) is 0 Å². The molecule has 0 aliphatic carbocycles. The number of nitrogens with one attached hydrogen (secondary N) is 2. The third kappa shape index (κ3) is 11.0. The molecule has 4 aromatic carbocycles. The highest BCUT2D eigenvalue weighted by molar-refractivity contribution is 8.46. The zero-order valence-corrected chi connectivity index (χ0v) is 54.1. The summed E-state index contributed by atoms with van der Waals surface area (Å²) in [6.45, 7) is 9.14. The summed E-state index contributed by atoms with van der Waals surface area (Å²) in [6, 6.07) is 52.8. The Morgan fingerprint density at radius 2 is 0.562 bits per heavy atom. The summed E-state index contributed by atoms with van der Waals surface area (Å²) in [5.74, 6) is 4.48. The monoisotopic (exact) mass is 1260 g/mol. The Balaban J connectivity index is 1.21. The first kappa shape index (κ1) is 55.3. The second-order valence-corrected chi connectivity index (χ2v) is 33.6. The molecule has 3 aromatic heterocycles. The fraction of sp³-hybridized carbons (Fsp3) is 0.188. The molecule has 0 radical (unpaired) electrons. The molecule has 0 atom stereocenters. The van der Waals surface area contributed by atoms with Crippen molar-refractivity contribution >= 4 is 192 Å². The maximum absolute atomic E-state index is 5.96. The van der Waals surface area contributed by atoms with Gasteiger partial charge in [0.05, 0.1) is 65.6 Å². The second-order valence-electron chi connectivity index (χ2n) is 19.0. The normalized spacial score (nSPS) is 14.0. The molecular weight excluding hydrogens is 1210 g/mol. The number of hydrogen-bond donors (Lipinski definition) is 2. The topological polar surface area (TPSA) is 57.4 Å². The minimum atomic E-state index is 0.987. The van der Waals surface area contributed by atoms with Crippen LogP contribution in [0.4, 0.5) is 0 Å². The Morgan fingerprint density at radius 3 is 0.787 bits per heavy atom. The zero-order valence-electron chi connectivity index (χ0n) is 44.3. The van der Waals surface area contributed by atoms with E-state index in [1.807, 2.05) is 139 Å². The van der Waals surface area contributed by atoms with E-state index in [9.17, 15) is 0 Å². The van der Waals surface area contributed by atoms with Crippen LogP contribution in [-0.4, -0.2) is 42.9 Å². The number of thioether (sulfide) groups is 8. The summed E-state index contributed by atoms with van der Waals surface area (Å²) in [4.78, 5) is 20.2. The van der Waals surface area contributed by atoms with Crippen LogP contribution in [0.2, 0.25) is 0 Å². The summed E-state index contributed by atoms with van der Waals surface area (Å²) >= 11 is 23.6. The Morgan fingerprint density at radius 1 is 0.325 bits per heavy atom. The molecule has 4 nitrogen and oxygen atoms in total. The van der Waals surface area contributed by atoms with Gasteiger partial charge in [0.1, 0.15) is 7.69 Å². The summed E-state index contributed by atoms with van der Waals surface area (Å²) < 4.78 is 16.0. The van der Waals surface area contributed by atoms with Crippen molar-refractivity contribution < 1.29 is 0 Å². The van der Waals surface area contributed by atoms with Crippen molar-refractivity contribution in [3.63, 3.8) is 0 Å². The van der Waals surface area contributed by atoms with Crippen LogP contribution in [-0.2, 0) is 0 Å². The molecule has 6 aliphatic heterocycles. The molecule has 13 rings (SSSR count). The van der Waals surface area contributed by atoms with Crippen molar-refractivity contribution in [1.29, 1.82) is 0 Å². The zero-order chi connectivity index (χ0) is 54.1. The Bertz CT molecular complexity index is 3970. The first-order chi connectivity index (χ1) is 39.5. The van der Waals surface area contributed by atoms with Crippen LogP contribution in [0.1, 0.15) is 53.4 Å². The quantitative estimate of drug-likeness (QED) is 0.0978. The number of rotatable bonds is 16. The number of aromatic nitrogens is 4. The summed E-state index contributed by atoms with van der Waals surface area (Å²) in [6.07, 6.45) is 4.61. The Labute approximate surface area is 515 Å². The number of aromatic amines is 2. The highest BCUT2D eigenvalue weighted by atomic mass is 32.3. The van der Waals surface area contributed by atoms with Crippen molar-refractivity contribution in [2.45, 2.75) is 53.4 Å². The predicted molar refractivity (Wildman–Crippen MR) is 373 cm³/mol. The highest BCUT2D eigenvalue weighted by Crippen LogP contribution is 2.59. The van der Waals surface area contributed by atoms with Crippen LogP contribution in [0, 0.1) is 18.1 Å². The fourth-order valence-electron chi connectivity index (χ4n) is 9.81. The van der Waals surface area contributed by atoms with Crippen molar-refractivity contribution in [2.75, 3.05) is 23.0 Å². The molecule has 80 heavy (non-hydrogen) atoms. The molecule has 9 heterocycles. The average molecular weight is 1260 g/mol. The van der Waals surface area contributed by atoms with Crippen LogP contribution in [0.25, 0.3) is 97.1 Å². The van der Waals surface area contributed by atoms with E-state index in [1.54, 1.807) is 0 Å². The molecule has 8 bridgehead atoms. The molecule has 7 aromatic rings. The number of H-pyrrole nitrogens is 2. The lowest BCUT2D eigenvalue weighted by Gasteiger charge is -2.05. The summed E-state index contributed by atoms with van der Waals surface area (Å²) in [5, 5.41) is 0. The van der Waals surface area contributed by atoms with Gasteiger partial charge in [-0.05, 0) is 95.2 Å². The van der Waals surface area contributed by atoms with E-state index in [4.69, 9.17) is 9.97 Å². The van der Waals surface area contributed by atoms with E-state index in [0.717, 1.165) is 137 Å². The first-order valence-electron chi connectivity index (χ1n) is 26.9. The first-order valence-corrected chi connectivity index (χ1v) is 37.4. The van der Waals surface area contributed by atoms with E-state index in [-0.39, 0.29) is 0 Å². The second kappa shape index (κ2) is 25.1. The Kier molecular flexibility index (Phi) is 17.4. The maximum Gasteiger partial charge on any atom is 0.101 e. The van der Waals surface area contributed by atoms with E-state index in [2.05, 4.69) is 183 Å². The van der Waals surface area contributed by atoms with Crippen molar-refractivity contribution in [3.8, 4) is 44.5 Å². The minimum absolute atomic E-state index is 0.987. The number of fused-ring (bicyclic) bond motifs is 12. The van der Waals surface area contributed by atoms with Gasteiger partial charge in [-0.3, -0.25) is 0 Å². The molecule has 0 saturated heterocycles. The SMILES string of the molecule is CCCSC1=C(SCCC)SC(=c2sc3c4nc(c(-c5ccccc5)c5ccc([nH]5)c(-c5ccccc5)c5nc(c(-c6ccccc6)c6ccc([nH]6)c4-c4ccccc4)c4sc(=C6SC(SCCC)=C(SCCC)S6)sc5=4)c=3s2)S1. The molecule has 0 spiro atoms. The van der Waals surface area contributed by atoms with Gasteiger partial charge in [0.25, 0.3) is 0 Å². The minimum Gasteiger partial charge on any atom is -0.354 e. The lowest BCUT2D eigenvalue weighted by molar-refractivity contribution is 1.11. The van der Waals surface area contributed by atoms with Gasteiger partial charge in [0, 0.05) is 44.3 Å². The molecule has 402 valence electrons. The van der Waals surface area contributed by atoms with Crippen molar-refractivity contribution in [3.05, 3.63) is 188 Å². The number of benzene rings is 4. The molecule has 16 heteroatoms. The van der Waals surface area contributed by atoms with E-state index >= 15 is 0 Å². The molecule has 0 saturated carbocycles. The maximum atomic E-state index is 5.96. The fourth-order valence-corrected chi connectivity index (χ4v) is 27.1. The van der Waals surface area contributed by atoms with E-state index in [1.165, 1.54) is 51.2 Å². The van der Waals surface area contributed by atoms with Crippen LogP contribution in [0.5, 0.6) is 0 Å². The standard InChI is InChI=1S/C64H54N4S12/c1-5-33-69-57-58(70-34-6-2)78-63(77-57)61-73-53-49-45(37-21-13-9-14-22-37)41-29-31-43(65-41)47(39-25-17-11-18-26-39)51-55-56(76-62(75-55)64-79-59(71-35-7-3)60(80-64)72-36-8-4)52(68-51)48(40-27-19-12-20-28-40)44-32-30-42(66-44)46(38-23-15-10-16-24-38)50(67-49)54(53)74-61/h9-32,65-66H,5-8,33-36H2,1-4H3. The largest absolute Gasteiger partial charge is 0.354 e. The van der Waals surface area contributed by atoms with Crippen LogP contribution in [0.3, 0.4) is 0 Å². The number of nitrogens with zero attached hydrogens (tertiary/aromatic N) is 2. The summed E-state index contributed by atoms with van der Waals surface area (Å²) in [7, 11) is 0. The lowest BCUT2D eigenvalue weighted by Crippen LogP contribution is -1.89. The van der Waals surface area contributed by atoms with Crippen LogP contribution in [0.15, 0.2) is 163 Å². The van der Waals surface area contributed by atoms with E-state index in [0.29, 0.717) is 0 Å². The smallest absolute Gasteiger partial charge is 0.101 e. The van der Waals surface area contributed by atoms with Gasteiger partial charge < -0.3 is 9.97 Å². The van der Waals surface area contributed by atoms with Gasteiger partial charge in [-0.15, -0.1) is 92.4 Å². The van der Waals surface area contributed by atoms with E-state index < -0.39 is 0 Å². The third-order valence-corrected chi connectivity index (χ3v) is 31.4.